The molecule has 0 bridgehead atoms. The van der Waals surface area contributed by atoms with Gasteiger partial charge in [0.15, 0.2) is 5.13 Å². The van der Waals surface area contributed by atoms with Crippen LogP contribution in [-0.2, 0) is 0 Å². The van der Waals surface area contributed by atoms with Gasteiger partial charge in [-0.2, -0.15) is 0 Å². The van der Waals surface area contributed by atoms with Crippen LogP contribution in [0.5, 0.6) is 0 Å². The van der Waals surface area contributed by atoms with E-state index in [9.17, 15) is 4.79 Å². The number of anilines is 1. The lowest BCUT2D eigenvalue weighted by molar-refractivity contribution is 0.102. The van der Waals surface area contributed by atoms with E-state index in [1.807, 2.05) is 55.6 Å². The van der Waals surface area contributed by atoms with Crippen molar-refractivity contribution in [2.24, 2.45) is 0 Å². The summed E-state index contributed by atoms with van der Waals surface area (Å²) in [4.78, 5) is 22.9. The molecule has 3 heterocycles. The third-order valence-corrected chi connectivity index (χ3v) is 5.96. The number of carbonyl (C=O) groups excluding carboxylic acids is 1. The molecule has 0 unspecified atom stereocenters. The Morgan fingerprint density at radius 2 is 1.89 bits per heavy atom. The van der Waals surface area contributed by atoms with Crippen LogP contribution in [-0.4, -0.2) is 29.0 Å². The van der Waals surface area contributed by atoms with Gasteiger partial charge >= 0.3 is 0 Å². The molecule has 5 nitrogen and oxygen atoms in total. The zero-order chi connectivity index (χ0) is 18.6. The van der Waals surface area contributed by atoms with Crippen molar-refractivity contribution in [2.45, 2.75) is 25.7 Å². The predicted molar refractivity (Wildman–Crippen MR) is 117 cm³/mol. The Hall–Kier alpha value is -2.28. The molecule has 1 aliphatic rings. The van der Waals surface area contributed by atoms with E-state index in [0.29, 0.717) is 22.3 Å². The number of nitrogens with zero attached hydrogens (tertiary/aromatic N) is 2. The maximum Gasteiger partial charge on any atom is 0.259 e. The Labute approximate surface area is 175 Å². The summed E-state index contributed by atoms with van der Waals surface area (Å²) < 4.78 is 0. The van der Waals surface area contributed by atoms with Gasteiger partial charge in [-0.25, -0.2) is 4.98 Å². The highest BCUT2D eigenvalue weighted by atomic mass is 35.5. The average Bonchev–Trinajstić information content (AvgIpc) is 3.17. The van der Waals surface area contributed by atoms with Crippen molar-refractivity contribution in [2.75, 3.05) is 18.4 Å². The third-order valence-electron chi connectivity index (χ3n) is 4.89. The van der Waals surface area contributed by atoms with Crippen molar-refractivity contribution < 1.29 is 4.79 Å². The van der Waals surface area contributed by atoms with E-state index in [0.717, 1.165) is 37.2 Å². The molecule has 1 aromatic carbocycles. The molecule has 0 radical (unpaired) electrons. The van der Waals surface area contributed by atoms with Crippen molar-refractivity contribution in [3.8, 4) is 11.3 Å². The number of aryl methyl sites for hydroxylation is 1. The minimum atomic E-state index is -0.161. The molecule has 1 aliphatic heterocycles. The van der Waals surface area contributed by atoms with Crippen LogP contribution in [0.25, 0.3) is 11.3 Å². The second-order valence-electron chi connectivity index (χ2n) is 6.74. The summed E-state index contributed by atoms with van der Waals surface area (Å²) in [5, 5.41) is 6.96. The summed E-state index contributed by atoms with van der Waals surface area (Å²) in [7, 11) is 0. The lowest BCUT2D eigenvalue weighted by Gasteiger charge is -2.20. The van der Waals surface area contributed by atoms with Crippen LogP contribution in [0.3, 0.4) is 0 Å². The molecule has 4 rings (SSSR count). The van der Waals surface area contributed by atoms with E-state index >= 15 is 0 Å². The largest absolute Gasteiger partial charge is 0.317 e. The number of nitrogens with one attached hydrogen (secondary N) is 2. The van der Waals surface area contributed by atoms with E-state index in [4.69, 9.17) is 0 Å². The van der Waals surface area contributed by atoms with Crippen LogP contribution in [0.2, 0.25) is 0 Å². The molecular formula is C21H23ClN4OS. The van der Waals surface area contributed by atoms with Crippen LogP contribution in [0, 0.1) is 6.92 Å². The number of piperidine rings is 1. The zero-order valence-electron chi connectivity index (χ0n) is 15.6. The van der Waals surface area contributed by atoms with E-state index < -0.39 is 0 Å². The fourth-order valence-electron chi connectivity index (χ4n) is 3.37. The molecule has 1 fully saturated rings. The highest BCUT2D eigenvalue weighted by molar-refractivity contribution is 7.15. The van der Waals surface area contributed by atoms with E-state index in [1.165, 1.54) is 4.88 Å². The maximum absolute atomic E-state index is 12.7. The van der Waals surface area contributed by atoms with Gasteiger partial charge in [0.05, 0.1) is 17.0 Å². The first-order valence-electron chi connectivity index (χ1n) is 9.21. The summed E-state index contributed by atoms with van der Waals surface area (Å²) in [6, 6.07) is 13.7. The summed E-state index contributed by atoms with van der Waals surface area (Å²) in [5.74, 6) is 0.383. The molecule has 28 heavy (non-hydrogen) atoms. The highest BCUT2D eigenvalue weighted by Gasteiger charge is 2.19. The molecule has 0 saturated carbocycles. The van der Waals surface area contributed by atoms with Crippen LogP contribution < -0.4 is 10.6 Å². The molecule has 3 aromatic rings. The Bertz CT molecular complexity index is 939. The summed E-state index contributed by atoms with van der Waals surface area (Å²) in [6.07, 6.45) is 4.15. The van der Waals surface area contributed by atoms with Crippen molar-refractivity contribution in [1.82, 2.24) is 15.3 Å². The van der Waals surface area contributed by atoms with Crippen molar-refractivity contribution in [1.29, 1.82) is 0 Å². The SMILES string of the molecule is Cc1nc(-c2ccccc2)ccc1C(=O)Nc1ncc(C2CCNCC2)s1.Cl. The molecule has 146 valence electrons. The molecule has 0 spiro atoms. The van der Waals surface area contributed by atoms with E-state index in [1.54, 1.807) is 11.3 Å². The summed E-state index contributed by atoms with van der Waals surface area (Å²) in [6.45, 7) is 3.95. The molecular weight excluding hydrogens is 392 g/mol. The smallest absolute Gasteiger partial charge is 0.259 e. The second kappa shape index (κ2) is 9.28. The summed E-state index contributed by atoms with van der Waals surface area (Å²) >= 11 is 1.58. The molecule has 2 aromatic heterocycles. The van der Waals surface area contributed by atoms with Gasteiger partial charge < -0.3 is 5.32 Å². The Kier molecular flexibility index (Phi) is 6.78. The van der Waals surface area contributed by atoms with Crippen LogP contribution in [0.1, 0.15) is 39.7 Å². The van der Waals surface area contributed by atoms with Gasteiger partial charge in [0, 0.05) is 16.6 Å². The lowest BCUT2D eigenvalue weighted by atomic mass is 9.97. The normalized spacial score (nSPS) is 14.3. The first-order chi connectivity index (χ1) is 13.2. The van der Waals surface area contributed by atoms with Gasteiger partial charge in [-0.3, -0.25) is 15.1 Å². The Balaban J connectivity index is 0.00000225. The average molecular weight is 415 g/mol. The number of hydrogen-bond acceptors (Lipinski definition) is 5. The van der Waals surface area contributed by atoms with Gasteiger partial charge in [0.2, 0.25) is 0 Å². The quantitative estimate of drug-likeness (QED) is 0.651. The minimum Gasteiger partial charge on any atom is -0.317 e. The Morgan fingerprint density at radius 3 is 2.61 bits per heavy atom. The number of aromatic nitrogens is 2. The van der Waals surface area contributed by atoms with Gasteiger partial charge in [-0.15, -0.1) is 23.7 Å². The monoisotopic (exact) mass is 414 g/mol. The molecule has 1 amide bonds. The van der Waals surface area contributed by atoms with Crippen molar-refractivity contribution >= 4 is 34.8 Å². The highest BCUT2D eigenvalue weighted by Crippen LogP contribution is 2.32. The van der Waals surface area contributed by atoms with Crippen LogP contribution in [0.15, 0.2) is 48.7 Å². The predicted octanol–water partition coefficient (Wildman–Crippen LogP) is 4.65. The van der Waals surface area contributed by atoms with Crippen molar-refractivity contribution in [3.63, 3.8) is 0 Å². The Morgan fingerprint density at radius 1 is 1.14 bits per heavy atom. The van der Waals surface area contributed by atoms with Crippen molar-refractivity contribution in [3.05, 3.63) is 64.8 Å². The minimum absolute atomic E-state index is 0. The number of rotatable bonds is 4. The van der Waals surface area contributed by atoms with Crippen LogP contribution in [0.4, 0.5) is 5.13 Å². The maximum atomic E-state index is 12.7. The number of benzene rings is 1. The topological polar surface area (TPSA) is 66.9 Å². The molecule has 1 saturated heterocycles. The first-order valence-corrected chi connectivity index (χ1v) is 10.0. The number of thiazole rings is 1. The fourth-order valence-corrected chi connectivity index (χ4v) is 4.35. The lowest BCUT2D eigenvalue weighted by Crippen LogP contribution is -2.26. The van der Waals surface area contributed by atoms with E-state index in [-0.39, 0.29) is 18.3 Å². The second-order valence-corrected chi connectivity index (χ2v) is 7.80. The number of pyridine rings is 1. The number of carbonyl (C=O) groups is 1. The zero-order valence-corrected chi connectivity index (χ0v) is 17.3. The molecule has 0 aliphatic carbocycles. The van der Waals surface area contributed by atoms with E-state index in [2.05, 4.69) is 20.6 Å². The standard InChI is InChI=1S/C21H22N4OS.ClH/c1-14-17(7-8-18(24-14)15-5-3-2-4-6-15)20(26)25-21-23-13-19(27-21)16-9-11-22-12-10-16;/h2-8,13,16,22H,9-12H2,1H3,(H,23,25,26);1H. The fraction of sp³-hybridized carbons (Fsp3) is 0.286. The molecule has 7 heteroatoms. The van der Waals surface area contributed by atoms with Crippen LogP contribution >= 0.6 is 23.7 Å². The van der Waals surface area contributed by atoms with Gasteiger partial charge in [0.1, 0.15) is 0 Å². The van der Waals surface area contributed by atoms with Gasteiger partial charge in [0.25, 0.3) is 5.91 Å². The third kappa shape index (κ3) is 4.58. The molecule has 2 N–H and O–H groups in total. The van der Waals surface area contributed by atoms with Gasteiger partial charge in [-0.05, 0) is 50.9 Å². The summed E-state index contributed by atoms with van der Waals surface area (Å²) in [5.41, 5.74) is 3.20. The first kappa shape index (κ1) is 20.5. The number of amides is 1. The molecule has 0 atom stereocenters. The van der Waals surface area contributed by atoms with Gasteiger partial charge in [-0.1, -0.05) is 30.3 Å². The number of halogens is 1. The number of hydrogen-bond donors (Lipinski definition) is 2.